The largest absolute Gasteiger partial charge is 0.351 e. The minimum Gasteiger partial charge on any atom is -0.351 e. The van der Waals surface area contributed by atoms with Crippen molar-refractivity contribution in [2.75, 3.05) is 0 Å². The molecule has 122 valence electrons. The molecule has 24 heavy (non-hydrogen) atoms. The Morgan fingerprint density at radius 3 is 2.67 bits per heavy atom. The van der Waals surface area contributed by atoms with Gasteiger partial charge >= 0.3 is 0 Å². The van der Waals surface area contributed by atoms with E-state index in [9.17, 15) is 14.9 Å². The molecular weight excluding hydrogens is 346 g/mol. The van der Waals surface area contributed by atoms with Crippen LogP contribution in [0.3, 0.4) is 0 Å². The fraction of sp³-hybridized carbons (Fsp3) is 0.125. The molecule has 0 aliphatic carbocycles. The number of nitrogens with zero attached hydrogens (tertiary/aromatic N) is 2. The lowest BCUT2D eigenvalue weighted by atomic mass is 10.2. The molecule has 0 atom stereocenters. The Kier molecular flexibility index (Phi) is 4.68. The first-order chi connectivity index (χ1) is 11.5. The summed E-state index contributed by atoms with van der Waals surface area (Å²) in [5, 5.41) is 16.3. The number of hydrogen-bond donors (Lipinski definition) is 1. The van der Waals surface area contributed by atoms with Gasteiger partial charge in [-0.25, -0.2) is 4.98 Å². The number of rotatable bonds is 5. The van der Waals surface area contributed by atoms with Gasteiger partial charge in [-0.2, -0.15) is 0 Å². The highest BCUT2D eigenvalue weighted by Crippen LogP contribution is 2.33. The Labute approximate surface area is 146 Å². The van der Waals surface area contributed by atoms with Crippen LogP contribution in [0.1, 0.15) is 11.8 Å². The zero-order valence-electron chi connectivity index (χ0n) is 12.7. The van der Waals surface area contributed by atoms with Crippen molar-refractivity contribution in [2.45, 2.75) is 13.5 Å². The molecule has 1 amide bonds. The summed E-state index contributed by atoms with van der Waals surface area (Å²) in [5.41, 5.74) is 1.79. The van der Waals surface area contributed by atoms with Crippen LogP contribution in [0.15, 0.2) is 41.8 Å². The van der Waals surface area contributed by atoms with Crippen LogP contribution < -0.4 is 5.32 Å². The van der Waals surface area contributed by atoms with Crippen molar-refractivity contribution in [3.8, 4) is 21.1 Å². The lowest BCUT2D eigenvalue weighted by Crippen LogP contribution is -2.17. The quantitative estimate of drug-likeness (QED) is 0.549. The average molecular weight is 359 g/mol. The highest BCUT2D eigenvalue weighted by Gasteiger charge is 2.11. The van der Waals surface area contributed by atoms with E-state index in [1.54, 1.807) is 23.5 Å². The number of carbonyl (C=O) groups is 1. The number of thiazole rings is 1. The Morgan fingerprint density at radius 1 is 1.25 bits per heavy atom. The lowest BCUT2D eigenvalue weighted by molar-refractivity contribution is -0.384. The molecule has 2 heterocycles. The standard InChI is InChI=1S/C16H13N3O3S2/c1-10(20)17-8-13-6-7-15(24-13)14-9-23-16(18-14)11-2-4-12(5-3-11)19(21)22/h2-7,9H,8H2,1H3,(H,17,20). The smallest absolute Gasteiger partial charge is 0.269 e. The first kappa shape index (κ1) is 16.3. The molecule has 0 saturated heterocycles. The number of non-ortho nitro benzene ring substituents is 1. The van der Waals surface area contributed by atoms with Gasteiger partial charge in [0, 0.05) is 34.9 Å². The fourth-order valence-electron chi connectivity index (χ4n) is 2.07. The van der Waals surface area contributed by atoms with Gasteiger partial charge < -0.3 is 5.32 Å². The number of nitro groups is 1. The van der Waals surface area contributed by atoms with Crippen molar-refractivity contribution in [3.63, 3.8) is 0 Å². The number of thiophene rings is 1. The zero-order valence-corrected chi connectivity index (χ0v) is 14.3. The Bertz CT molecular complexity index is 884. The fourth-order valence-corrected chi connectivity index (χ4v) is 3.88. The third kappa shape index (κ3) is 3.66. The predicted molar refractivity (Wildman–Crippen MR) is 95.0 cm³/mol. The number of nitro benzene ring substituents is 1. The van der Waals surface area contributed by atoms with Crippen LogP contribution in [0.5, 0.6) is 0 Å². The van der Waals surface area contributed by atoms with Gasteiger partial charge in [-0.1, -0.05) is 0 Å². The molecule has 1 aromatic carbocycles. The summed E-state index contributed by atoms with van der Waals surface area (Å²) in [6.45, 7) is 2.00. The molecule has 2 aromatic heterocycles. The summed E-state index contributed by atoms with van der Waals surface area (Å²) in [4.78, 5) is 27.9. The van der Waals surface area contributed by atoms with Crippen LogP contribution >= 0.6 is 22.7 Å². The third-order valence-electron chi connectivity index (χ3n) is 3.25. The minimum atomic E-state index is -0.417. The molecule has 1 N–H and O–H groups in total. The molecule has 0 unspecified atom stereocenters. The molecule has 8 heteroatoms. The second-order valence-corrected chi connectivity index (χ2v) is 7.04. The van der Waals surface area contributed by atoms with Crippen molar-refractivity contribution in [1.29, 1.82) is 0 Å². The minimum absolute atomic E-state index is 0.0564. The van der Waals surface area contributed by atoms with E-state index in [4.69, 9.17) is 0 Å². The first-order valence-electron chi connectivity index (χ1n) is 7.07. The molecule has 0 bridgehead atoms. The number of aromatic nitrogens is 1. The van der Waals surface area contributed by atoms with Crippen molar-refractivity contribution >= 4 is 34.3 Å². The van der Waals surface area contributed by atoms with Crippen LogP contribution in [-0.2, 0) is 11.3 Å². The summed E-state index contributed by atoms with van der Waals surface area (Å²) >= 11 is 3.08. The van der Waals surface area contributed by atoms with Crippen molar-refractivity contribution < 1.29 is 9.72 Å². The third-order valence-corrected chi connectivity index (χ3v) is 5.25. The van der Waals surface area contributed by atoms with Crippen LogP contribution in [0.25, 0.3) is 21.1 Å². The van der Waals surface area contributed by atoms with E-state index in [1.807, 2.05) is 17.5 Å². The molecular formula is C16H13N3O3S2. The van der Waals surface area contributed by atoms with E-state index in [1.165, 1.54) is 30.4 Å². The van der Waals surface area contributed by atoms with Crippen LogP contribution in [-0.4, -0.2) is 15.8 Å². The van der Waals surface area contributed by atoms with Gasteiger partial charge in [0.05, 0.1) is 22.0 Å². The van der Waals surface area contributed by atoms with E-state index in [0.717, 1.165) is 26.0 Å². The lowest BCUT2D eigenvalue weighted by Gasteiger charge is -1.97. The highest BCUT2D eigenvalue weighted by atomic mass is 32.1. The number of benzene rings is 1. The summed E-state index contributed by atoms with van der Waals surface area (Å²) in [5.74, 6) is -0.0564. The Balaban J connectivity index is 1.78. The van der Waals surface area contributed by atoms with Crippen molar-refractivity contribution in [3.05, 3.63) is 56.8 Å². The van der Waals surface area contributed by atoms with Gasteiger partial charge in [0.2, 0.25) is 5.91 Å². The van der Waals surface area contributed by atoms with Gasteiger partial charge in [-0.15, -0.1) is 22.7 Å². The summed E-state index contributed by atoms with van der Waals surface area (Å²) in [6, 6.07) is 10.3. The average Bonchev–Trinajstić information content (AvgIpc) is 3.22. The molecule has 3 rings (SSSR count). The zero-order chi connectivity index (χ0) is 17.1. The molecule has 0 aliphatic rings. The van der Waals surface area contributed by atoms with Crippen molar-refractivity contribution in [1.82, 2.24) is 10.3 Å². The van der Waals surface area contributed by atoms with E-state index in [-0.39, 0.29) is 11.6 Å². The Hall–Kier alpha value is -2.58. The second kappa shape index (κ2) is 6.90. The number of nitrogens with one attached hydrogen (secondary N) is 1. The molecule has 0 fully saturated rings. The summed E-state index contributed by atoms with van der Waals surface area (Å²) < 4.78 is 0. The Morgan fingerprint density at radius 2 is 2.00 bits per heavy atom. The van der Waals surface area contributed by atoms with Crippen LogP contribution in [0, 0.1) is 10.1 Å². The predicted octanol–water partition coefficient (Wildman–Crippen LogP) is 4.08. The molecule has 6 nitrogen and oxygen atoms in total. The number of carbonyl (C=O) groups excluding carboxylic acids is 1. The topological polar surface area (TPSA) is 85.1 Å². The van der Waals surface area contributed by atoms with Gasteiger partial charge in [-0.05, 0) is 24.3 Å². The number of hydrogen-bond acceptors (Lipinski definition) is 6. The van der Waals surface area contributed by atoms with E-state index < -0.39 is 4.92 Å². The summed E-state index contributed by atoms with van der Waals surface area (Å²) in [7, 11) is 0. The van der Waals surface area contributed by atoms with E-state index in [0.29, 0.717) is 6.54 Å². The molecule has 0 aliphatic heterocycles. The maximum absolute atomic E-state index is 11.0. The first-order valence-corrected chi connectivity index (χ1v) is 8.76. The van der Waals surface area contributed by atoms with Gasteiger partial charge in [0.25, 0.3) is 5.69 Å². The van der Waals surface area contributed by atoms with Crippen molar-refractivity contribution in [2.24, 2.45) is 0 Å². The molecule has 0 saturated carbocycles. The van der Waals surface area contributed by atoms with E-state index in [2.05, 4.69) is 10.3 Å². The van der Waals surface area contributed by atoms with Crippen LogP contribution in [0.2, 0.25) is 0 Å². The second-order valence-electron chi connectivity index (χ2n) is 5.02. The van der Waals surface area contributed by atoms with Gasteiger partial charge in [0.15, 0.2) is 0 Å². The molecule has 0 spiro atoms. The SMILES string of the molecule is CC(=O)NCc1ccc(-c2csc(-c3ccc([N+](=O)[O-])cc3)n2)s1. The van der Waals surface area contributed by atoms with Crippen LogP contribution in [0.4, 0.5) is 5.69 Å². The maximum Gasteiger partial charge on any atom is 0.269 e. The van der Waals surface area contributed by atoms with E-state index >= 15 is 0 Å². The molecule has 3 aromatic rings. The normalized spacial score (nSPS) is 10.5. The van der Waals surface area contributed by atoms with Gasteiger partial charge in [-0.3, -0.25) is 14.9 Å². The highest BCUT2D eigenvalue weighted by molar-refractivity contribution is 7.16. The monoisotopic (exact) mass is 359 g/mol. The maximum atomic E-state index is 11.0. The summed E-state index contributed by atoms with van der Waals surface area (Å²) in [6.07, 6.45) is 0. The molecule has 0 radical (unpaired) electrons. The number of amides is 1. The van der Waals surface area contributed by atoms with Gasteiger partial charge in [0.1, 0.15) is 5.01 Å².